The minimum atomic E-state index is 0.704. The van der Waals surface area contributed by atoms with Crippen LogP contribution in [0.25, 0.3) is 33.5 Å². The monoisotopic (exact) mass is 361 g/mol. The number of aryl methyl sites for hydroxylation is 1. The van der Waals surface area contributed by atoms with Gasteiger partial charge in [0.25, 0.3) is 0 Å². The van der Waals surface area contributed by atoms with Gasteiger partial charge in [0.1, 0.15) is 17.8 Å². The lowest BCUT2D eigenvalue weighted by Gasteiger charge is -2.27. The van der Waals surface area contributed by atoms with Crippen LogP contribution >= 0.6 is 0 Å². The first-order valence-electron chi connectivity index (χ1n) is 8.91. The molecule has 0 aliphatic carbocycles. The van der Waals surface area contributed by atoms with Crippen LogP contribution in [-0.4, -0.2) is 56.2 Å². The number of aromatic amines is 1. The van der Waals surface area contributed by atoms with Crippen molar-refractivity contribution in [3.63, 3.8) is 0 Å². The fourth-order valence-electron chi connectivity index (χ4n) is 3.38. The summed E-state index contributed by atoms with van der Waals surface area (Å²) in [5.74, 6) is 1.66. The molecule has 0 amide bonds. The highest BCUT2D eigenvalue weighted by Crippen LogP contribution is 2.30. The van der Waals surface area contributed by atoms with Crippen molar-refractivity contribution in [3.8, 4) is 22.6 Å². The molecule has 3 aromatic heterocycles. The summed E-state index contributed by atoms with van der Waals surface area (Å²) in [7, 11) is 1.86. The molecule has 27 heavy (non-hydrogen) atoms. The van der Waals surface area contributed by atoms with Gasteiger partial charge < -0.3 is 9.64 Å². The van der Waals surface area contributed by atoms with E-state index < -0.39 is 0 Å². The van der Waals surface area contributed by atoms with Crippen LogP contribution in [0.2, 0.25) is 0 Å². The fraction of sp³-hybridized carbons (Fsp3) is 0.263. The van der Waals surface area contributed by atoms with Crippen LogP contribution in [0, 0.1) is 0 Å². The van der Waals surface area contributed by atoms with Crippen LogP contribution in [0.15, 0.2) is 42.9 Å². The number of hydrogen-bond acceptors (Lipinski definition) is 6. The SMILES string of the molecule is Cn1cnc(-c2ccc3[nH]nc(-c4ccnc(N5CCOCC5)c4)c3c2)n1. The van der Waals surface area contributed by atoms with Gasteiger partial charge in [-0.15, -0.1) is 0 Å². The Morgan fingerprint density at radius 3 is 2.74 bits per heavy atom. The Morgan fingerprint density at radius 2 is 1.93 bits per heavy atom. The highest BCUT2D eigenvalue weighted by molar-refractivity contribution is 5.95. The first kappa shape index (κ1) is 16.0. The van der Waals surface area contributed by atoms with Gasteiger partial charge in [0.2, 0.25) is 0 Å². The predicted molar refractivity (Wildman–Crippen MR) is 102 cm³/mol. The van der Waals surface area contributed by atoms with E-state index in [1.54, 1.807) is 11.0 Å². The largest absolute Gasteiger partial charge is 0.378 e. The molecule has 1 aliphatic rings. The number of aromatic nitrogens is 6. The highest BCUT2D eigenvalue weighted by atomic mass is 16.5. The van der Waals surface area contributed by atoms with Crippen molar-refractivity contribution in [2.45, 2.75) is 0 Å². The smallest absolute Gasteiger partial charge is 0.181 e. The highest BCUT2D eigenvalue weighted by Gasteiger charge is 2.15. The lowest BCUT2D eigenvalue weighted by atomic mass is 10.1. The van der Waals surface area contributed by atoms with E-state index in [2.05, 4.69) is 42.3 Å². The number of nitrogens with zero attached hydrogens (tertiary/aromatic N) is 6. The topological polar surface area (TPSA) is 84.8 Å². The third-order valence-electron chi connectivity index (χ3n) is 4.77. The predicted octanol–water partition coefficient (Wildman–Crippen LogP) is 2.26. The van der Waals surface area contributed by atoms with Gasteiger partial charge in [-0.2, -0.15) is 10.2 Å². The summed E-state index contributed by atoms with van der Waals surface area (Å²) in [4.78, 5) is 11.1. The number of fused-ring (bicyclic) bond motifs is 1. The lowest BCUT2D eigenvalue weighted by Crippen LogP contribution is -2.36. The Hall–Kier alpha value is -3.26. The standard InChI is InChI=1S/C19H19N7O/c1-25-12-21-19(24-25)14-2-3-16-15(10-14)18(23-22-16)13-4-5-20-17(11-13)26-6-8-27-9-7-26/h2-5,10-12H,6-9H2,1H3,(H,22,23). The van der Waals surface area contributed by atoms with Crippen molar-refractivity contribution >= 4 is 16.7 Å². The van der Waals surface area contributed by atoms with Gasteiger partial charge in [0.15, 0.2) is 5.82 Å². The van der Waals surface area contributed by atoms with E-state index in [4.69, 9.17) is 4.74 Å². The van der Waals surface area contributed by atoms with Crippen molar-refractivity contribution in [3.05, 3.63) is 42.9 Å². The van der Waals surface area contributed by atoms with E-state index in [9.17, 15) is 0 Å². The molecule has 1 fully saturated rings. The maximum Gasteiger partial charge on any atom is 0.181 e. The first-order chi connectivity index (χ1) is 13.3. The molecule has 0 spiro atoms. The molecule has 8 heteroatoms. The molecule has 0 saturated carbocycles. The number of pyridine rings is 1. The molecule has 136 valence electrons. The zero-order valence-electron chi connectivity index (χ0n) is 15.0. The van der Waals surface area contributed by atoms with Crippen LogP contribution in [0.3, 0.4) is 0 Å². The van der Waals surface area contributed by atoms with E-state index in [0.717, 1.165) is 59.8 Å². The van der Waals surface area contributed by atoms with Gasteiger partial charge in [-0.05, 0) is 30.3 Å². The molecule has 5 rings (SSSR count). The van der Waals surface area contributed by atoms with Crippen molar-refractivity contribution < 1.29 is 4.74 Å². The van der Waals surface area contributed by atoms with E-state index in [-0.39, 0.29) is 0 Å². The number of nitrogens with one attached hydrogen (secondary N) is 1. The number of H-pyrrole nitrogens is 1. The maximum atomic E-state index is 5.44. The number of benzene rings is 1. The third kappa shape index (κ3) is 2.93. The molecule has 4 heterocycles. The summed E-state index contributed by atoms with van der Waals surface area (Å²) in [6.45, 7) is 3.18. The van der Waals surface area contributed by atoms with E-state index in [0.29, 0.717) is 5.82 Å². The molecule has 0 atom stereocenters. The molecular weight excluding hydrogens is 342 g/mol. The van der Waals surface area contributed by atoms with Gasteiger partial charge in [0.05, 0.1) is 18.7 Å². The van der Waals surface area contributed by atoms with E-state index in [1.807, 2.05) is 31.4 Å². The Labute approximate surface area is 155 Å². The Bertz CT molecular complexity index is 1090. The Kier molecular flexibility index (Phi) is 3.83. The summed E-state index contributed by atoms with van der Waals surface area (Å²) in [5, 5.41) is 13.1. The number of rotatable bonds is 3. The zero-order valence-corrected chi connectivity index (χ0v) is 15.0. The molecule has 1 aromatic carbocycles. The van der Waals surface area contributed by atoms with Gasteiger partial charge >= 0.3 is 0 Å². The molecule has 8 nitrogen and oxygen atoms in total. The summed E-state index contributed by atoms with van der Waals surface area (Å²) in [5.41, 5.74) is 3.88. The van der Waals surface area contributed by atoms with Crippen LogP contribution in [-0.2, 0) is 11.8 Å². The molecule has 0 radical (unpaired) electrons. The molecule has 0 bridgehead atoms. The van der Waals surface area contributed by atoms with Crippen molar-refractivity contribution in [1.82, 2.24) is 29.9 Å². The first-order valence-corrected chi connectivity index (χ1v) is 8.91. The minimum absolute atomic E-state index is 0.704. The number of hydrogen-bond donors (Lipinski definition) is 1. The van der Waals surface area contributed by atoms with Crippen LogP contribution < -0.4 is 4.90 Å². The molecule has 0 unspecified atom stereocenters. The normalized spacial score (nSPS) is 14.8. The quantitative estimate of drug-likeness (QED) is 0.602. The second kappa shape index (κ2) is 6.48. The van der Waals surface area contributed by atoms with Crippen LogP contribution in [0.5, 0.6) is 0 Å². The molecule has 1 N–H and O–H groups in total. The van der Waals surface area contributed by atoms with Crippen LogP contribution in [0.4, 0.5) is 5.82 Å². The second-order valence-electron chi connectivity index (χ2n) is 6.58. The molecule has 1 saturated heterocycles. The summed E-state index contributed by atoms with van der Waals surface area (Å²) < 4.78 is 7.14. The van der Waals surface area contributed by atoms with Crippen LogP contribution in [0.1, 0.15) is 0 Å². The van der Waals surface area contributed by atoms with E-state index >= 15 is 0 Å². The van der Waals surface area contributed by atoms with Crippen molar-refractivity contribution in [2.24, 2.45) is 7.05 Å². The number of morpholine rings is 1. The maximum absolute atomic E-state index is 5.44. The average Bonchev–Trinajstić information content (AvgIpc) is 3.34. The fourth-order valence-corrected chi connectivity index (χ4v) is 3.38. The second-order valence-corrected chi connectivity index (χ2v) is 6.58. The van der Waals surface area contributed by atoms with Crippen molar-refractivity contribution in [2.75, 3.05) is 31.2 Å². The Morgan fingerprint density at radius 1 is 1.04 bits per heavy atom. The van der Waals surface area contributed by atoms with Gasteiger partial charge in [-0.25, -0.2) is 9.97 Å². The van der Waals surface area contributed by atoms with Gasteiger partial charge in [-0.3, -0.25) is 9.78 Å². The average molecular weight is 361 g/mol. The van der Waals surface area contributed by atoms with Gasteiger partial charge in [0, 0.05) is 42.8 Å². The summed E-state index contributed by atoms with van der Waals surface area (Å²) in [6.07, 6.45) is 3.54. The summed E-state index contributed by atoms with van der Waals surface area (Å²) >= 11 is 0. The number of anilines is 1. The summed E-state index contributed by atoms with van der Waals surface area (Å²) in [6, 6.07) is 10.2. The van der Waals surface area contributed by atoms with Gasteiger partial charge in [-0.1, -0.05) is 0 Å². The Balaban J connectivity index is 1.56. The zero-order chi connectivity index (χ0) is 18.2. The molecule has 1 aliphatic heterocycles. The minimum Gasteiger partial charge on any atom is -0.378 e. The number of ether oxygens (including phenoxy) is 1. The van der Waals surface area contributed by atoms with E-state index in [1.165, 1.54) is 0 Å². The van der Waals surface area contributed by atoms with Crippen molar-refractivity contribution in [1.29, 1.82) is 0 Å². The molecular formula is C19H19N7O. The lowest BCUT2D eigenvalue weighted by molar-refractivity contribution is 0.122. The molecule has 4 aromatic rings. The third-order valence-corrected chi connectivity index (χ3v) is 4.77.